The van der Waals surface area contributed by atoms with Crippen LogP contribution in [-0.4, -0.2) is 21.2 Å². The van der Waals surface area contributed by atoms with E-state index in [1.54, 1.807) is 12.1 Å². The molecular formula is C14H23NO2S. The van der Waals surface area contributed by atoms with E-state index in [9.17, 15) is 8.42 Å². The van der Waals surface area contributed by atoms with Crippen molar-refractivity contribution in [1.29, 1.82) is 0 Å². The zero-order valence-electron chi connectivity index (χ0n) is 11.4. The Hall–Kier alpha value is -0.870. The van der Waals surface area contributed by atoms with Crippen molar-refractivity contribution in [2.24, 2.45) is 0 Å². The lowest BCUT2D eigenvalue weighted by atomic mass is 10.1. The van der Waals surface area contributed by atoms with Crippen molar-refractivity contribution in [3.63, 3.8) is 0 Å². The molecule has 0 fully saturated rings. The molecule has 0 aliphatic carbocycles. The smallest absolute Gasteiger partial charge is 0.175 e. The van der Waals surface area contributed by atoms with Crippen LogP contribution in [0.25, 0.3) is 0 Å². The van der Waals surface area contributed by atoms with Crippen LogP contribution < -0.4 is 5.32 Å². The quantitative estimate of drug-likeness (QED) is 0.774. The van der Waals surface area contributed by atoms with Crippen LogP contribution in [0.1, 0.15) is 44.7 Å². The van der Waals surface area contributed by atoms with Crippen molar-refractivity contribution in [3.05, 3.63) is 29.8 Å². The van der Waals surface area contributed by atoms with Gasteiger partial charge in [0.1, 0.15) is 0 Å². The zero-order chi connectivity index (χ0) is 13.6. The van der Waals surface area contributed by atoms with Crippen LogP contribution in [0.2, 0.25) is 0 Å². The largest absolute Gasteiger partial charge is 0.310 e. The van der Waals surface area contributed by atoms with Crippen molar-refractivity contribution in [3.8, 4) is 0 Å². The van der Waals surface area contributed by atoms with Crippen LogP contribution in [0, 0.1) is 0 Å². The number of hydrogen-bond donors (Lipinski definition) is 1. The molecule has 18 heavy (non-hydrogen) atoms. The number of rotatable bonds is 7. The Labute approximate surface area is 111 Å². The topological polar surface area (TPSA) is 46.2 Å². The van der Waals surface area contributed by atoms with E-state index in [2.05, 4.69) is 19.2 Å². The average Bonchev–Trinajstić information content (AvgIpc) is 2.33. The molecule has 1 aromatic rings. The van der Waals surface area contributed by atoms with E-state index in [-0.39, 0.29) is 6.04 Å². The molecule has 1 aromatic carbocycles. The van der Waals surface area contributed by atoms with Gasteiger partial charge < -0.3 is 5.32 Å². The van der Waals surface area contributed by atoms with E-state index >= 15 is 0 Å². The van der Waals surface area contributed by atoms with Crippen LogP contribution in [0.4, 0.5) is 0 Å². The Morgan fingerprint density at radius 1 is 1.17 bits per heavy atom. The van der Waals surface area contributed by atoms with Gasteiger partial charge in [0.05, 0.1) is 4.90 Å². The van der Waals surface area contributed by atoms with Crippen LogP contribution in [0.3, 0.4) is 0 Å². The second-order valence-electron chi connectivity index (χ2n) is 4.72. The van der Waals surface area contributed by atoms with E-state index in [1.807, 2.05) is 12.1 Å². The Kier molecular flexibility index (Phi) is 5.82. The van der Waals surface area contributed by atoms with Crippen LogP contribution in [0.5, 0.6) is 0 Å². The number of benzene rings is 1. The van der Waals surface area contributed by atoms with Gasteiger partial charge in [-0.05, 0) is 37.6 Å². The third kappa shape index (κ3) is 4.78. The maximum absolute atomic E-state index is 11.3. The summed E-state index contributed by atoms with van der Waals surface area (Å²) < 4.78 is 22.7. The van der Waals surface area contributed by atoms with Gasteiger partial charge >= 0.3 is 0 Å². The summed E-state index contributed by atoms with van der Waals surface area (Å²) in [6.07, 6.45) is 4.88. The molecule has 0 spiro atoms. The molecule has 0 radical (unpaired) electrons. The molecule has 0 saturated carbocycles. The molecule has 4 heteroatoms. The molecule has 1 rings (SSSR count). The molecule has 1 unspecified atom stereocenters. The fraction of sp³-hybridized carbons (Fsp3) is 0.571. The molecule has 1 atom stereocenters. The van der Waals surface area contributed by atoms with Crippen molar-refractivity contribution in [1.82, 2.24) is 5.32 Å². The first-order valence-corrected chi connectivity index (χ1v) is 8.37. The van der Waals surface area contributed by atoms with Gasteiger partial charge in [0.2, 0.25) is 0 Å². The summed E-state index contributed by atoms with van der Waals surface area (Å²) in [6.45, 7) is 5.29. The van der Waals surface area contributed by atoms with Crippen molar-refractivity contribution in [2.45, 2.75) is 44.0 Å². The van der Waals surface area contributed by atoms with Gasteiger partial charge in [-0.15, -0.1) is 0 Å². The molecule has 0 bridgehead atoms. The van der Waals surface area contributed by atoms with Gasteiger partial charge in [-0.1, -0.05) is 31.9 Å². The summed E-state index contributed by atoms with van der Waals surface area (Å²) in [7, 11) is -3.09. The minimum absolute atomic E-state index is 0.260. The Bertz CT molecular complexity index is 451. The van der Waals surface area contributed by atoms with E-state index in [0.717, 1.165) is 12.1 Å². The molecule has 0 amide bonds. The van der Waals surface area contributed by atoms with Gasteiger partial charge in [-0.2, -0.15) is 0 Å². The molecular weight excluding hydrogens is 246 g/mol. The Morgan fingerprint density at radius 3 is 2.28 bits per heavy atom. The van der Waals surface area contributed by atoms with Gasteiger partial charge in [0, 0.05) is 12.3 Å². The standard InChI is InChI=1S/C14H23NO2S/c1-4-5-6-11-15-12(2)13-7-9-14(10-8-13)18(3,16)17/h7-10,12,15H,4-6,11H2,1-3H3. The van der Waals surface area contributed by atoms with Crippen molar-refractivity contribution >= 4 is 9.84 Å². The van der Waals surface area contributed by atoms with Crippen LogP contribution in [0.15, 0.2) is 29.2 Å². The first kappa shape index (κ1) is 15.2. The predicted molar refractivity (Wildman–Crippen MR) is 75.5 cm³/mol. The maximum atomic E-state index is 11.3. The van der Waals surface area contributed by atoms with Gasteiger partial charge in [-0.25, -0.2) is 8.42 Å². The summed E-state index contributed by atoms with van der Waals surface area (Å²) >= 11 is 0. The Morgan fingerprint density at radius 2 is 1.78 bits per heavy atom. The first-order chi connectivity index (χ1) is 8.45. The highest BCUT2D eigenvalue weighted by molar-refractivity contribution is 7.90. The predicted octanol–water partition coefficient (Wildman–Crippen LogP) is 2.93. The molecule has 0 aliphatic rings. The molecule has 1 N–H and O–H groups in total. The second kappa shape index (κ2) is 6.90. The maximum Gasteiger partial charge on any atom is 0.175 e. The summed E-state index contributed by atoms with van der Waals surface area (Å²) in [5.74, 6) is 0. The summed E-state index contributed by atoms with van der Waals surface area (Å²) in [5, 5.41) is 3.44. The molecule has 0 aromatic heterocycles. The highest BCUT2D eigenvalue weighted by Gasteiger charge is 2.08. The number of hydrogen-bond acceptors (Lipinski definition) is 3. The highest BCUT2D eigenvalue weighted by Crippen LogP contribution is 2.16. The molecule has 102 valence electrons. The van der Waals surface area contributed by atoms with Gasteiger partial charge in [0.25, 0.3) is 0 Å². The van der Waals surface area contributed by atoms with Crippen LogP contribution >= 0.6 is 0 Å². The van der Waals surface area contributed by atoms with Gasteiger partial charge in [0.15, 0.2) is 9.84 Å². The first-order valence-electron chi connectivity index (χ1n) is 6.48. The lowest BCUT2D eigenvalue weighted by Gasteiger charge is -2.14. The summed E-state index contributed by atoms with van der Waals surface area (Å²) in [5.41, 5.74) is 1.12. The van der Waals surface area contributed by atoms with Gasteiger partial charge in [-0.3, -0.25) is 0 Å². The van der Waals surface area contributed by atoms with Crippen molar-refractivity contribution < 1.29 is 8.42 Å². The zero-order valence-corrected chi connectivity index (χ0v) is 12.3. The minimum Gasteiger partial charge on any atom is -0.310 e. The van der Waals surface area contributed by atoms with Crippen molar-refractivity contribution in [2.75, 3.05) is 12.8 Å². The highest BCUT2D eigenvalue weighted by atomic mass is 32.2. The fourth-order valence-electron chi connectivity index (χ4n) is 1.82. The normalized spacial score (nSPS) is 13.5. The third-order valence-corrected chi connectivity index (χ3v) is 4.17. The molecule has 3 nitrogen and oxygen atoms in total. The molecule has 0 heterocycles. The van der Waals surface area contributed by atoms with E-state index in [4.69, 9.17) is 0 Å². The minimum atomic E-state index is -3.09. The lowest BCUT2D eigenvalue weighted by Crippen LogP contribution is -2.19. The second-order valence-corrected chi connectivity index (χ2v) is 6.74. The molecule has 0 saturated heterocycles. The fourth-order valence-corrected chi connectivity index (χ4v) is 2.45. The van der Waals surface area contributed by atoms with E-state index in [0.29, 0.717) is 4.90 Å². The number of sulfone groups is 1. The molecule has 0 aliphatic heterocycles. The number of unbranched alkanes of at least 4 members (excludes halogenated alkanes) is 2. The number of nitrogens with one attached hydrogen (secondary N) is 1. The lowest BCUT2D eigenvalue weighted by molar-refractivity contribution is 0.543. The van der Waals surface area contributed by atoms with Crippen LogP contribution in [-0.2, 0) is 9.84 Å². The van der Waals surface area contributed by atoms with E-state index in [1.165, 1.54) is 25.5 Å². The summed E-state index contributed by atoms with van der Waals surface area (Å²) in [4.78, 5) is 0.379. The third-order valence-electron chi connectivity index (χ3n) is 3.04. The van der Waals surface area contributed by atoms with E-state index < -0.39 is 9.84 Å². The monoisotopic (exact) mass is 269 g/mol. The average molecular weight is 269 g/mol. The SMILES string of the molecule is CCCCCNC(C)c1ccc(S(C)(=O)=O)cc1. The Balaban J connectivity index is 2.57. The summed E-state index contributed by atoms with van der Waals surface area (Å²) in [6, 6.07) is 7.38.